The average molecular weight is 284 g/mol. The van der Waals surface area contributed by atoms with Crippen molar-refractivity contribution >= 4 is 11.7 Å². The van der Waals surface area contributed by atoms with Gasteiger partial charge in [0.1, 0.15) is 0 Å². The Bertz CT molecular complexity index is 613. The topological polar surface area (TPSA) is 51.2 Å². The van der Waals surface area contributed by atoms with Crippen molar-refractivity contribution in [3.05, 3.63) is 59.9 Å². The molecular weight excluding hydrogens is 264 g/mol. The molecular formula is C17H20N2O2. The van der Waals surface area contributed by atoms with Gasteiger partial charge in [-0.3, -0.25) is 4.98 Å². The molecule has 0 saturated carbocycles. The van der Waals surface area contributed by atoms with Crippen LogP contribution in [-0.4, -0.2) is 17.6 Å². The van der Waals surface area contributed by atoms with Gasteiger partial charge in [0.15, 0.2) is 5.54 Å². The van der Waals surface area contributed by atoms with Crippen LogP contribution in [0.5, 0.6) is 0 Å². The van der Waals surface area contributed by atoms with Crippen LogP contribution in [0.25, 0.3) is 0 Å². The molecule has 0 spiro atoms. The molecule has 0 radical (unpaired) electrons. The Balaban J connectivity index is 2.42. The Kier molecular flexibility index (Phi) is 4.58. The van der Waals surface area contributed by atoms with Gasteiger partial charge in [-0.25, -0.2) is 4.79 Å². The van der Waals surface area contributed by atoms with Crippen molar-refractivity contribution in [1.82, 2.24) is 4.98 Å². The smallest absolute Gasteiger partial charge is 0.336 e. The Morgan fingerprint density at radius 1 is 1.29 bits per heavy atom. The molecule has 1 unspecified atom stereocenters. The minimum Gasteiger partial charge on any atom is -0.464 e. The Morgan fingerprint density at radius 2 is 2.05 bits per heavy atom. The van der Waals surface area contributed by atoms with Gasteiger partial charge >= 0.3 is 5.97 Å². The lowest BCUT2D eigenvalue weighted by Gasteiger charge is -2.30. The summed E-state index contributed by atoms with van der Waals surface area (Å²) in [7, 11) is 0. The second-order valence-electron chi connectivity index (χ2n) is 5.03. The highest BCUT2D eigenvalue weighted by molar-refractivity contribution is 5.86. The van der Waals surface area contributed by atoms with E-state index < -0.39 is 5.54 Å². The minimum absolute atomic E-state index is 0.318. The van der Waals surface area contributed by atoms with Crippen molar-refractivity contribution in [2.45, 2.75) is 26.3 Å². The van der Waals surface area contributed by atoms with E-state index in [2.05, 4.69) is 10.3 Å². The zero-order valence-corrected chi connectivity index (χ0v) is 12.6. The van der Waals surface area contributed by atoms with E-state index in [0.717, 1.165) is 16.8 Å². The second-order valence-corrected chi connectivity index (χ2v) is 5.03. The summed E-state index contributed by atoms with van der Waals surface area (Å²) in [6.07, 6.45) is 3.37. The lowest BCUT2D eigenvalue weighted by Crippen LogP contribution is -2.42. The van der Waals surface area contributed by atoms with Crippen molar-refractivity contribution in [2.75, 3.05) is 11.9 Å². The highest BCUT2D eigenvalue weighted by atomic mass is 16.5. The Morgan fingerprint density at radius 3 is 2.67 bits per heavy atom. The molecule has 21 heavy (non-hydrogen) atoms. The normalized spacial score (nSPS) is 13.3. The first-order valence-electron chi connectivity index (χ1n) is 6.99. The summed E-state index contributed by atoms with van der Waals surface area (Å²) in [6.45, 7) is 5.95. The zero-order chi connectivity index (χ0) is 15.3. The van der Waals surface area contributed by atoms with Gasteiger partial charge in [-0.1, -0.05) is 24.3 Å². The molecule has 1 heterocycles. The van der Waals surface area contributed by atoms with Crippen molar-refractivity contribution in [3.8, 4) is 0 Å². The molecule has 0 bridgehead atoms. The number of ether oxygens (including phenoxy) is 1. The van der Waals surface area contributed by atoms with E-state index in [1.165, 1.54) is 0 Å². The van der Waals surface area contributed by atoms with Crippen LogP contribution in [0.4, 0.5) is 5.69 Å². The molecule has 0 saturated heterocycles. The van der Waals surface area contributed by atoms with Crippen molar-refractivity contribution < 1.29 is 9.53 Å². The first-order valence-corrected chi connectivity index (χ1v) is 6.99. The maximum atomic E-state index is 12.5. The molecule has 4 nitrogen and oxygen atoms in total. The summed E-state index contributed by atoms with van der Waals surface area (Å²) in [4.78, 5) is 16.6. The van der Waals surface area contributed by atoms with Gasteiger partial charge in [0.2, 0.25) is 0 Å². The number of carbonyl (C=O) groups is 1. The third kappa shape index (κ3) is 3.21. The number of rotatable bonds is 5. The van der Waals surface area contributed by atoms with Crippen molar-refractivity contribution in [1.29, 1.82) is 0 Å². The number of aromatic nitrogens is 1. The molecule has 0 aliphatic heterocycles. The van der Waals surface area contributed by atoms with Crippen LogP contribution < -0.4 is 5.32 Å². The summed E-state index contributed by atoms with van der Waals surface area (Å²) in [5, 5.41) is 3.31. The number of nitrogens with one attached hydrogen (secondary N) is 1. The number of benzene rings is 1. The van der Waals surface area contributed by atoms with Gasteiger partial charge < -0.3 is 10.1 Å². The number of nitrogens with zero attached hydrogens (tertiary/aromatic N) is 1. The summed E-state index contributed by atoms with van der Waals surface area (Å²) < 4.78 is 5.24. The Hall–Kier alpha value is -2.36. The molecule has 2 aromatic rings. The molecule has 1 N–H and O–H groups in total. The third-order valence-electron chi connectivity index (χ3n) is 3.45. The van der Waals surface area contributed by atoms with Gasteiger partial charge in [0, 0.05) is 23.6 Å². The molecule has 1 atom stereocenters. The number of para-hydroxylation sites is 1. The Labute approximate surface area is 125 Å². The highest BCUT2D eigenvalue weighted by Crippen LogP contribution is 2.28. The van der Waals surface area contributed by atoms with E-state index in [9.17, 15) is 4.79 Å². The number of anilines is 1. The molecule has 2 rings (SSSR count). The van der Waals surface area contributed by atoms with E-state index in [-0.39, 0.29) is 5.97 Å². The number of hydrogen-bond donors (Lipinski definition) is 1. The van der Waals surface area contributed by atoms with Crippen LogP contribution in [0.1, 0.15) is 25.0 Å². The molecule has 1 aromatic heterocycles. The standard InChI is InChI=1S/C17H20N2O2/c1-4-21-16(20)17(3,14-9-7-11-18-12-14)19-15-10-6-5-8-13(15)2/h5-12,19H,4H2,1-3H3. The lowest BCUT2D eigenvalue weighted by atomic mass is 9.92. The fourth-order valence-electron chi connectivity index (χ4n) is 2.16. The average Bonchev–Trinajstić information content (AvgIpc) is 2.50. The summed E-state index contributed by atoms with van der Waals surface area (Å²) in [5.41, 5.74) is 1.76. The van der Waals surface area contributed by atoms with E-state index in [0.29, 0.717) is 6.61 Å². The summed E-state index contributed by atoms with van der Waals surface area (Å²) in [5.74, 6) is -0.318. The number of hydrogen-bond acceptors (Lipinski definition) is 4. The lowest BCUT2D eigenvalue weighted by molar-refractivity contribution is -0.148. The van der Waals surface area contributed by atoms with Crippen LogP contribution >= 0.6 is 0 Å². The van der Waals surface area contributed by atoms with Gasteiger partial charge in [-0.2, -0.15) is 0 Å². The molecule has 110 valence electrons. The summed E-state index contributed by atoms with van der Waals surface area (Å²) >= 11 is 0. The first-order chi connectivity index (χ1) is 10.1. The predicted molar refractivity (Wildman–Crippen MR) is 83.0 cm³/mol. The second kappa shape index (κ2) is 6.39. The van der Waals surface area contributed by atoms with Crippen molar-refractivity contribution in [3.63, 3.8) is 0 Å². The number of carbonyl (C=O) groups excluding carboxylic acids is 1. The maximum absolute atomic E-state index is 12.5. The van der Waals surface area contributed by atoms with Crippen LogP contribution in [0, 0.1) is 6.92 Å². The molecule has 4 heteroatoms. The zero-order valence-electron chi connectivity index (χ0n) is 12.6. The molecule has 0 aliphatic rings. The van der Waals surface area contributed by atoms with Crippen molar-refractivity contribution in [2.24, 2.45) is 0 Å². The van der Waals surface area contributed by atoms with E-state index in [4.69, 9.17) is 4.74 Å². The van der Waals surface area contributed by atoms with Gasteiger partial charge in [0.05, 0.1) is 6.61 Å². The predicted octanol–water partition coefficient (Wildman–Crippen LogP) is 3.28. The molecule has 1 aromatic carbocycles. The fourth-order valence-corrected chi connectivity index (χ4v) is 2.16. The molecule has 0 amide bonds. The highest BCUT2D eigenvalue weighted by Gasteiger charge is 2.37. The number of aryl methyl sites for hydroxylation is 1. The largest absolute Gasteiger partial charge is 0.464 e. The van der Waals surface area contributed by atoms with Crippen LogP contribution in [0.3, 0.4) is 0 Å². The van der Waals surface area contributed by atoms with E-state index >= 15 is 0 Å². The fraction of sp³-hybridized carbons (Fsp3) is 0.294. The van der Waals surface area contributed by atoms with Gasteiger partial charge in [-0.05, 0) is 38.5 Å². The SMILES string of the molecule is CCOC(=O)C(C)(Nc1ccccc1C)c1cccnc1. The van der Waals surface area contributed by atoms with Crippen LogP contribution in [0.2, 0.25) is 0 Å². The third-order valence-corrected chi connectivity index (χ3v) is 3.45. The first kappa shape index (κ1) is 15.0. The minimum atomic E-state index is -0.976. The van der Waals surface area contributed by atoms with E-state index in [1.54, 1.807) is 19.3 Å². The van der Waals surface area contributed by atoms with E-state index in [1.807, 2.05) is 50.2 Å². The van der Waals surface area contributed by atoms with Gasteiger partial charge in [-0.15, -0.1) is 0 Å². The number of esters is 1. The monoisotopic (exact) mass is 284 g/mol. The number of pyridine rings is 1. The van der Waals surface area contributed by atoms with Crippen LogP contribution in [-0.2, 0) is 15.1 Å². The summed E-state index contributed by atoms with van der Waals surface area (Å²) in [6, 6.07) is 11.5. The maximum Gasteiger partial charge on any atom is 0.336 e. The molecule has 0 fully saturated rings. The molecule has 0 aliphatic carbocycles. The van der Waals surface area contributed by atoms with Crippen LogP contribution in [0.15, 0.2) is 48.8 Å². The van der Waals surface area contributed by atoms with Gasteiger partial charge in [0.25, 0.3) is 0 Å². The quantitative estimate of drug-likeness (QED) is 0.856.